The molecule has 0 saturated carbocycles. The molecule has 1 aromatic rings. The maximum atomic E-state index is 5.50. The Labute approximate surface area is 123 Å². The molecule has 0 unspecified atom stereocenters. The number of hydrogen-bond donors (Lipinski definition) is 1. The Hall–Kier alpha value is -0.900. The summed E-state index contributed by atoms with van der Waals surface area (Å²) in [7, 11) is 0. The number of ether oxygens (including phenoxy) is 1. The minimum Gasteiger partial charge on any atom is -0.380 e. The van der Waals surface area contributed by atoms with Crippen LogP contribution in [0.5, 0.6) is 0 Å². The smallest absolute Gasteiger partial charge is 0.0590 e. The fourth-order valence-corrected chi connectivity index (χ4v) is 2.72. The van der Waals surface area contributed by atoms with Crippen molar-refractivity contribution >= 4 is 0 Å². The minimum absolute atomic E-state index is 0.673. The Kier molecular flexibility index (Phi) is 7.06. The van der Waals surface area contributed by atoms with Crippen LogP contribution < -0.4 is 5.32 Å². The fourth-order valence-electron chi connectivity index (χ4n) is 2.72. The number of nitrogens with zero attached hydrogens (tertiary/aromatic N) is 1. The van der Waals surface area contributed by atoms with Crippen molar-refractivity contribution in [2.75, 3.05) is 32.8 Å². The molecule has 0 atom stereocenters. The first kappa shape index (κ1) is 15.5. The van der Waals surface area contributed by atoms with Crippen LogP contribution in [0.3, 0.4) is 0 Å². The molecule has 3 heteroatoms. The van der Waals surface area contributed by atoms with Crippen LogP contribution in [0.4, 0.5) is 0 Å². The SMILES string of the molecule is CCCOCCNC1CCN(Cc2ccccc2)CC1. The number of rotatable bonds is 8. The van der Waals surface area contributed by atoms with E-state index in [2.05, 4.69) is 47.5 Å². The Morgan fingerprint density at radius 1 is 1.15 bits per heavy atom. The summed E-state index contributed by atoms with van der Waals surface area (Å²) in [5, 5.41) is 3.61. The van der Waals surface area contributed by atoms with E-state index >= 15 is 0 Å². The fraction of sp³-hybridized carbons (Fsp3) is 0.647. The van der Waals surface area contributed by atoms with Crippen molar-refractivity contribution in [1.82, 2.24) is 10.2 Å². The van der Waals surface area contributed by atoms with E-state index in [1.165, 1.54) is 31.5 Å². The summed E-state index contributed by atoms with van der Waals surface area (Å²) in [6.07, 6.45) is 3.61. The first-order valence-corrected chi connectivity index (χ1v) is 7.96. The maximum Gasteiger partial charge on any atom is 0.0590 e. The molecule has 1 fully saturated rings. The van der Waals surface area contributed by atoms with Crippen LogP contribution in [0.15, 0.2) is 30.3 Å². The van der Waals surface area contributed by atoms with Gasteiger partial charge in [0.25, 0.3) is 0 Å². The summed E-state index contributed by atoms with van der Waals surface area (Å²) in [4.78, 5) is 2.56. The van der Waals surface area contributed by atoms with Gasteiger partial charge in [-0.1, -0.05) is 37.3 Å². The monoisotopic (exact) mass is 276 g/mol. The van der Waals surface area contributed by atoms with Crippen molar-refractivity contribution in [3.05, 3.63) is 35.9 Å². The second-order valence-corrected chi connectivity index (χ2v) is 5.60. The van der Waals surface area contributed by atoms with E-state index in [0.717, 1.165) is 32.7 Å². The lowest BCUT2D eigenvalue weighted by molar-refractivity contribution is 0.127. The van der Waals surface area contributed by atoms with E-state index in [-0.39, 0.29) is 0 Å². The van der Waals surface area contributed by atoms with Crippen LogP contribution in [0, 0.1) is 0 Å². The summed E-state index contributed by atoms with van der Waals surface area (Å²) in [6.45, 7) is 8.35. The van der Waals surface area contributed by atoms with Crippen molar-refractivity contribution < 1.29 is 4.74 Å². The predicted octanol–water partition coefficient (Wildman–Crippen LogP) is 2.67. The van der Waals surface area contributed by atoms with Gasteiger partial charge < -0.3 is 10.1 Å². The molecule has 2 rings (SSSR count). The summed E-state index contributed by atoms with van der Waals surface area (Å²) in [6, 6.07) is 11.4. The number of benzene rings is 1. The number of piperidine rings is 1. The molecule has 1 aliphatic heterocycles. The highest BCUT2D eigenvalue weighted by atomic mass is 16.5. The highest BCUT2D eigenvalue weighted by Crippen LogP contribution is 2.13. The zero-order chi connectivity index (χ0) is 14.0. The third kappa shape index (κ3) is 5.61. The Morgan fingerprint density at radius 3 is 2.60 bits per heavy atom. The van der Waals surface area contributed by atoms with Gasteiger partial charge in [-0.25, -0.2) is 0 Å². The topological polar surface area (TPSA) is 24.5 Å². The molecule has 0 amide bonds. The Morgan fingerprint density at radius 2 is 1.90 bits per heavy atom. The second kappa shape index (κ2) is 9.11. The lowest BCUT2D eigenvalue weighted by atomic mass is 10.0. The summed E-state index contributed by atoms with van der Waals surface area (Å²) < 4.78 is 5.50. The van der Waals surface area contributed by atoms with Crippen LogP contribution >= 0.6 is 0 Å². The van der Waals surface area contributed by atoms with E-state index in [9.17, 15) is 0 Å². The molecule has 0 aromatic heterocycles. The van der Waals surface area contributed by atoms with Crippen LogP contribution in [0.25, 0.3) is 0 Å². The zero-order valence-corrected chi connectivity index (χ0v) is 12.7. The van der Waals surface area contributed by atoms with Gasteiger partial charge >= 0.3 is 0 Å². The first-order valence-electron chi connectivity index (χ1n) is 7.96. The van der Waals surface area contributed by atoms with Gasteiger partial charge in [0.1, 0.15) is 0 Å². The Bertz CT molecular complexity index is 347. The van der Waals surface area contributed by atoms with Gasteiger partial charge in [0, 0.05) is 25.7 Å². The van der Waals surface area contributed by atoms with Gasteiger partial charge in [-0.15, -0.1) is 0 Å². The van der Waals surface area contributed by atoms with Gasteiger partial charge in [0.2, 0.25) is 0 Å². The van der Waals surface area contributed by atoms with E-state index < -0.39 is 0 Å². The van der Waals surface area contributed by atoms with Gasteiger partial charge in [0.15, 0.2) is 0 Å². The highest BCUT2D eigenvalue weighted by Gasteiger charge is 2.18. The van der Waals surface area contributed by atoms with Crippen LogP contribution in [0.1, 0.15) is 31.7 Å². The van der Waals surface area contributed by atoms with E-state index in [1.54, 1.807) is 0 Å². The standard InChI is InChI=1S/C17H28N2O/c1-2-13-20-14-10-18-17-8-11-19(12-9-17)15-16-6-4-3-5-7-16/h3-7,17-18H,2,8-15H2,1H3. The lowest BCUT2D eigenvalue weighted by Gasteiger charge is -2.32. The third-order valence-corrected chi connectivity index (χ3v) is 3.86. The van der Waals surface area contributed by atoms with Crippen LogP contribution in [-0.2, 0) is 11.3 Å². The first-order chi connectivity index (χ1) is 9.88. The Balaban J connectivity index is 1.58. The molecular weight excluding hydrogens is 248 g/mol. The number of hydrogen-bond acceptors (Lipinski definition) is 3. The van der Waals surface area contributed by atoms with Crippen molar-refractivity contribution in [3.63, 3.8) is 0 Å². The largest absolute Gasteiger partial charge is 0.380 e. The third-order valence-electron chi connectivity index (χ3n) is 3.86. The van der Waals surface area contributed by atoms with Crippen LogP contribution in [0.2, 0.25) is 0 Å². The van der Waals surface area contributed by atoms with Crippen molar-refractivity contribution in [3.8, 4) is 0 Å². The van der Waals surface area contributed by atoms with Gasteiger partial charge in [0.05, 0.1) is 6.61 Å². The average molecular weight is 276 g/mol. The lowest BCUT2D eigenvalue weighted by Crippen LogP contribution is -2.43. The summed E-state index contributed by atoms with van der Waals surface area (Å²) >= 11 is 0. The number of nitrogens with one attached hydrogen (secondary N) is 1. The van der Waals surface area contributed by atoms with Crippen molar-refractivity contribution in [2.24, 2.45) is 0 Å². The van der Waals surface area contributed by atoms with E-state index in [0.29, 0.717) is 6.04 Å². The normalized spacial score (nSPS) is 17.4. The summed E-state index contributed by atoms with van der Waals surface area (Å²) in [5.74, 6) is 0. The quantitative estimate of drug-likeness (QED) is 0.739. The molecule has 1 heterocycles. The van der Waals surface area contributed by atoms with Gasteiger partial charge in [-0.2, -0.15) is 0 Å². The molecule has 0 aliphatic carbocycles. The predicted molar refractivity (Wildman–Crippen MR) is 83.9 cm³/mol. The molecule has 0 bridgehead atoms. The average Bonchev–Trinajstić information content (AvgIpc) is 2.50. The molecule has 3 nitrogen and oxygen atoms in total. The highest BCUT2D eigenvalue weighted by molar-refractivity contribution is 5.14. The molecular formula is C17H28N2O. The summed E-state index contributed by atoms with van der Waals surface area (Å²) in [5.41, 5.74) is 1.42. The molecule has 1 N–H and O–H groups in total. The molecule has 1 aliphatic rings. The van der Waals surface area contributed by atoms with Crippen molar-refractivity contribution in [1.29, 1.82) is 0 Å². The minimum atomic E-state index is 0.673. The van der Waals surface area contributed by atoms with Crippen LogP contribution in [-0.4, -0.2) is 43.8 Å². The van der Waals surface area contributed by atoms with Gasteiger partial charge in [-0.3, -0.25) is 4.90 Å². The number of likely N-dealkylation sites (tertiary alicyclic amines) is 1. The van der Waals surface area contributed by atoms with Gasteiger partial charge in [-0.05, 0) is 37.9 Å². The molecule has 20 heavy (non-hydrogen) atoms. The second-order valence-electron chi connectivity index (χ2n) is 5.60. The van der Waals surface area contributed by atoms with E-state index in [4.69, 9.17) is 4.74 Å². The zero-order valence-electron chi connectivity index (χ0n) is 12.7. The van der Waals surface area contributed by atoms with E-state index in [1.807, 2.05) is 0 Å². The maximum absolute atomic E-state index is 5.50. The molecule has 1 aromatic carbocycles. The molecule has 0 radical (unpaired) electrons. The molecule has 112 valence electrons. The van der Waals surface area contributed by atoms with Crippen molar-refractivity contribution in [2.45, 2.75) is 38.8 Å². The molecule has 0 spiro atoms. The molecule has 1 saturated heterocycles.